The van der Waals surface area contributed by atoms with Crippen molar-refractivity contribution in [2.45, 2.75) is 13.2 Å². The predicted octanol–water partition coefficient (Wildman–Crippen LogP) is 1.29. The molecule has 1 aromatic carbocycles. The molecule has 2 heterocycles. The lowest BCUT2D eigenvalue weighted by molar-refractivity contribution is -0.199. The van der Waals surface area contributed by atoms with E-state index in [2.05, 4.69) is 0 Å². The molecule has 1 aromatic rings. The van der Waals surface area contributed by atoms with Gasteiger partial charge in [-0.25, -0.2) is 0 Å². The summed E-state index contributed by atoms with van der Waals surface area (Å²) in [5.41, 5.74) is 0.911. The first-order chi connectivity index (χ1) is 9.16. The predicted molar refractivity (Wildman–Crippen MR) is 66.7 cm³/mol. The Labute approximate surface area is 111 Å². The summed E-state index contributed by atoms with van der Waals surface area (Å²) in [5, 5.41) is 0. The summed E-state index contributed by atoms with van der Waals surface area (Å²) in [6.45, 7) is 3.36. The fourth-order valence-electron chi connectivity index (χ4n) is 2.30. The summed E-state index contributed by atoms with van der Waals surface area (Å²) in [5.74, 6) is -0.198. The number of carbonyl (C=O) groups excluding carboxylic acids is 2. The number of benzene rings is 1. The summed E-state index contributed by atoms with van der Waals surface area (Å²) in [6, 6.07) is 6.84. The van der Waals surface area contributed by atoms with E-state index in [-0.39, 0.29) is 18.4 Å². The summed E-state index contributed by atoms with van der Waals surface area (Å²) < 4.78 is 11.0. The molecule has 5 heteroatoms. The lowest BCUT2D eigenvalue weighted by Gasteiger charge is -2.29. The van der Waals surface area contributed by atoms with Crippen LogP contribution >= 0.6 is 0 Å². The molecule has 19 heavy (non-hydrogen) atoms. The van der Waals surface area contributed by atoms with Crippen LogP contribution in [0, 0.1) is 5.92 Å². The highest BCUT2D eigenvalue weighted by Crippen LogP contribution is 2.23. The Bertz CT molecular complexity index is 485. The first-order valence-corrected chi connectivity index (χ1v) is 6.35. The van der Waals surface area contributed by atoms with Gasteiger partial charge in [-0.2, -0.15) is 0 Å². The van der Waals surface area contributed by atoms with Crippen molar-refractivity contribution < 1.29 is 19.1 Å². The van der Waals surface area contributed by atoms with Crippen LogP contribution in [-0.2, 0) is 9.47 Å². The van der Waals surface area contributed by atoms with Gasteiger partial charge in [0.15, 0.2) is 6.29 Å². The highest BCUT2D eigenvalue weighted by molar-refractivity contribution is 6.21. The van der Waals surface area contributed by atoms with Gasteiger partial charge in [-0.3, -0.25) is 14.5 Å². The van der Waals surface area contributed by atoms with E-state index in [9.17, 15) is 9.59 Å². The Morgan fingerprint density at radius 1 is 1.11 bits per heavy atom. The molecule has 1 saturated heterocycles. The normalized spacial score (nSPS) is 26.7. The summed E-state index contributed by atoms with van der Waals surface area (Å²) in [4.78, 5) is 25.5. The molecule has 0 unspecified atom stereocenters. The smallest absolute Gasteiger partial charge is 0.261 e. The highest BCUT2D eigenvalue weighted by Gasteiger charge is 2.37. The molecule has 0 saturated carbocycles. The third kappa shape index (κ3) is 2.15. The average molecular weight is 261 g/mol. The van der Waals surface area contributed by atoms with Crippen molar-refractivity contribution in [1.82, 2.24) is 4.90 Å². The molecule has 5 nitrogen and oxygen atoms in total. The number of fused-ring (bicyclic) bond motifs is 1. The first-order valence-electron chi connectivity index (χ1n) is 6.35. The third-order valence-electron chi connectivity index (χ3n) is 3.34. The third-order valence-corrected chi connectivity index (χ3v) is 3.34. The van der Waals surface area contributed by atoms with Gasteiger partial charge in [0.25, 0.3) is 11.8 Å². The first kappa shape index (κ1) is 12.3. The molecule has 0 aliphatic carbocycles. The Hall–Kier alpha value is -1.72. The monoisotopic (exact) mass is 261 g/mol. The van der Waals surface area contributed by atoms with Crippen molar-refractivity contribution in [2.24, 2.45) is 5.92 Å². The number of rotatable bonds is 2. The maximum atomic E-state index is 12.1. The number of hydrogen-bond donors (Lipinski definition) is 0. The van der Waals surface area contributed by atoms with Gasteiger partial charge < -0.3 is 9.47 Å². The van der Waals surface area contributed by atoms with Gasteiger partial charge in [-0.15, -0.1) is 0 Å². The van der Waals surface area contributed by atoms with E-state index in [0.29, 0.717) is 30.3 Å². The standard InChI is InChI=1S/C14H15NO4/c1-9-7-18-12(19-8-9)6-15-13(16)10-4-2-3-5-11(10)14(15)17/h2-5,9,12H,6-8H2,1H3. The Balaban J connectivity index is 1.74. The molecular weight excluding hydrogens is 246 g/mol. The van der Waals surface area contributed by atoms with Crippen LogP contribution in [0.3, 0.4) is 0 Å². The molecule has 0 atom stereocenters. The SMILES string of the molecule is CC1COC(CN2C(=O)c3ccccc3C2=O)OC1. The van der Waals surface area contributed by atoms with Crippen molar-refractivity contribution in [2.75, 3.05) is 19.8 Å². The number of ether oxygens (including phenoxy) is 2. The van der Waals surface area contributed by atoms with Crippen molar-refractivity contribution in [3.05, 3.63) is 35.4 Å². The van der Waals surface area contributed by atoms with Gasteiger partial charge >= 0.3 is 0 Å². The minimum absolute atomic E-state index is 0.152. The number of imide groups is 1. The molecule has 0 N–H and O–H groups in total. The van der Waals surface area contributed by atoms with Gasteiger partial charge in [0.2, 0.25) is 0 Å². The topological polar surface area (TPSA) is 55.8 Å². The van der Waals surface area contributed by atoms with E-state index >= 15 is 0 Å². The van der Waals surface area contributed by atoms with Crippen molar-refractivity contribution in [1.29, 1.82) is 0 Å². The summed E-state index contributed by atoms with van der Waals surface area (Å²) >= 11 is 0. The molecule has 3 rings (SSSR count). The van der Waals surface area contributed by atoms with Crippen LogP contribution in [0.5, 0.6) is 0 Å². The second-order valence-corrected chi connectivity index (χ2v) is 4.97. The van der Waals surface area contributed by atoms with E-state index in [0.717, 1.165) is 0 Å². The van der Waals surface area contributed by atoms with Crippen molar-refractivity contribution >= 4 is 11.8 Å². The second kappa shape index (κ2) is 4.75. The molecule has 0 spiro atoms. The number of amides is 2. The van der Waals surface area contributed by atoms with Gasteiger partial charge in [-0.05, 0) is 12.1 Å². The second-order valence-electron chi connectivity index (χ2n) is 4.97. The van der Waals surface area contributed by atoms with Crippen LogP contribution in [0.1, 0.15) is 27.6 Å². The fraction of sp³-hybridized carbons (Fsp3) is 0.429. The molecule has 2 aliphatic rings. The molecule has 1 fully saturated rings. The lowest BCUT2D eigenvalue weighted by atomic mass is 10.1. The Kier molecular flexibility index (Phi) is 3.08. The number of carbonyl (C=O) groups is 2. The molecule has 0 bridgehead atoms. The lowest BCUT2D eigenvalue weighted by Crippen LogP contribution is -2.42. The Morgan fingerprint density at radius 2 is 1.63 bits per heavy atom. The van der Waals surface area contributed by atoms with Crippen molar-refractivity contribution in [3.63, 3.8) is 0 Å². The summed E-state index contributed by atoms with van der Waals surface area (Å²) in [6.07, 6.45) is -0.515. The molecule has 100 valence electrons. The molecule has 0 radical (unpaired) electrons. The van der Waals surface area contributed by atoms with Crippen molar-refractivity contribution in [3.8, 4) is 0 Å². The van der Waals surface area contributed by atoms with Crippen LogP contribution in [-0.4, -0.2) is 42.8 Å². The van der Waals surface area contributed by atoms with Crippen LogP contribution in [0.25, 0.3) is 0 Å². The Morgan fingerprint density at radius 3 is 2.16 bits per heavy atom. The maximum absolute atomic E-state index is 12.1. The molecular formula is C14H15NO4. The molecule has 2 amide bonds. The van der Waals surface area contributed by atoms with E-state index in [1.807, 2.05) is 6.92 Å². The van der Waals surface area contributed by atoms with Gasteiger partial charge in [0.05, 0.1) is 30.9 Å². The quantitative estimate of drug-likeness (QED) is 0.753. The number of nitrogens with zero attached hydrogens (tertiary/aromatic N) is 1. The molecule has 0 aromatic heterocycles. The van der Waals surface area contributed by atoms with E-state index < -0.39 is 6.29 Å². The van der Waals surface area contributed by atoms with Crippen LogP contribution in [0.15, 0.2) is 24.3 Å². The zero-order chi connectivity index (χ0) is 13.4. The minimum atomic E-state index is -0.515. The van der Waals surface area contributed by atoms with E-state index in [4.69, 9.17) is 9.47 Å². The maximum Gasteiger partial charge on any atom is 0.261 e. The van der Waals surface area contributed by atoms with Crippen LogP contribution < -0.4 is 0 Å². The van der Waals surface area contributed by atoms with Gasteiger partial charge in [0, 0.05) is 5.92 Å². The summed E-state index contributed by atoms with van der Waals surface area (Å²) in [7, 11) is 0. The van der Waals surface area contributed by atoms with Crippen LogP contribution in [0.2, 0.25) is 0 Å². The van der Waals surface area contributed by atoms with E-state index in [1.165, 1.54) is 4.90 Å². The van der Waals surface area contributed by atoms with Crippen LogP contribution in [0.4, 0.5) is 0 Å². The zero-order valence-electron chi connectivity index (χ0n) is 10.7. The largest absolute Gasteiger partial charge is 0.350 e. The van der Waals surface area contributed by atoms with E-state index in [1.54, 1.807) is 24.3 Å². The number of hydrogen-bond acceptors (Lipinski definition) is 4. The van der Waals surface area contributed by atoms with Gasteiger partial charge in [0.1, 0.15) is 0 Å². The highest BCUT2D eigenvalue weighted by atomic mass is 16.7. The average Bonchev–Trinajstić information content (AvgIpc) is 2.67. The molecule has 2 aliphatic heterocycles. The zero-order valence-corrected chi connectivity index (χ0v) is 10.7. The van der Waals surface area contributed by atoms with Gasteiger partial charge in [-0.1, -0.05) is 19.1 Å². The fourth-order valence-corrected chi connectivity index (χ4v) is 2.30. The minimum Gasteiger partial charge on any atom is -0.350 e.